The second kappa shape index (κ2) is 5.55. The Balaban J connectivity index is 2.00. The van der Waals surface area contributed by atoms with Gasteiger partial charge in [-0.25, -0.2) is 12.8 Å². The third-order valence-electron chi connectivity index (χ3n) is 4.34. The summed E-state index contributed by atoms with van der Waals surface area (Å²) in [6.45, 7) is 2.04. The van der Waals surface area contributed by atoms with Crippen LogP contribution >= 0.6 is 0 Å². The molecule has 2 aliphatic rings. The Morgan fingerprint density at radius 2 is 2.19 bits per heavy atom. The van der Waals surface area contributed by atoms with E-state index < -0.39 is 15.8 Å². The lowest BCUT2D eigenvalue weighted by Gasteiger charge is -2.36. The molecule has 0 spiro atoms. The molecule has 0 bridgehead atoms. The van der Waals surface area contributed by atoms with E-state index in [4.69, 9.17) is 4.74 Å². The normalized spacial score (nSPS) is 26.6. The minimum absolute atomic E-state index is 0.0153. The zero-order valence-corrected chi connectivity index (χ0v) is 12.7. The summed E-state index contributed by atoms with van der Waals surface area (Å²) < 4.78 is 45.7. The predicted octanol–water partition coefficient (Wildman–Crippen LogP) is 1.21. The molecular weight excluding hydrogens is 295 g/mol. The van der Waals surface area contributed by atoms with E-state index in [1.165, 1.54) is 13.2 Å². The Hall–Kier alpha value is -1.18. The maximum atomic E-state index is 13.3. The maximum Gasteiger partial charge on any atom is 0.247 e. The first-order valence-electron chi connectivity index (χ1n) is 7.10. The molecule has 2 atom stereocenters. The topological polar surface area (TPSA) is 58.6 Å². The molecule has 0 saturated carbocycles. The Morgan fingerprint density at radius 1 is 1.38 bits per heavy atom. The summed E-state index contributed by atoms with van der Waals surface area (Å²) in [5.41, 5.74) is 0. The van der Waals surface area contributed by atoms with E-state index in [9.17, 15) is 12.8 Å². The van der Waals surface area contributed by atoms with Gasteiger partial charge in [-0.1, -0.05) is 0 Å². The van der Waals surface area contributed by atoms with Gasteiger partial charge in [-0.3, -0.25) is 0 Å². The van der Waals surface area contributed by atoms with E-state index in [2.05, 4.69) is 5.32 Å². The summed E-state index contributed by atoms with van der Waals surface area (Å²) in [4.78, 5) is 0.0407. The van der Waals surface area contributed by atoms with Crippen LogP contribution in [0.5, 0.6) is 5.75 Å². The summed E-state index contributed by atoms with van der Waals surface area (Å²) in [5, 5.41) is 3.26. The standard InChI is InChI=1S/C14H19FN2O3S/c1-20-13-7-11(15)4-5-14(13)21(18,19)17-6-2-3-10-8-16-9-12(10)17/h4-5,7,10,12,16H,2-3,6,8-9H2,1H3/t10-,12+/m0/s1. The quantitative estimate of drug-likeness (QED) is 0.911. The number of hydrogen-bond donors (Lipinski definition) is 1. The number of fused-ring (bicyclic) bond motifs is 1. The third kappa shape index (κ3) is 2.54. The molecule has 2 heterocycles. The first-order chi connectivity index (χ1) is 10.0. The van der Waals surface area contributed by atoms with Crippen molar-refractivity contribution in [3.05, 3.63) is 24.0 Å². The van der Waals surface area contributed by atoms with E-state index in [1.54, 1.807) is 4.31 Å². The van der Waals surface area contributed by atoms with Crippen molar-refractivity contribution in [2.24, 2.45) is 5.92 Å². The second-order valence-electron chi connectivity index (χ2n) is 5.54. The van der Waals surface area contributed by atoms with Gasteiger partial charge >= 0.3 is 0 Å². The molecule has 1 aromatic rings. The van der Waals surface area contributed by atoms with Gasteiger partial charge in [-0.05, 0) is 37.4 Å². The molecule has 0 amide bonds. The van der Waals surface area contributed by atoms with Crippen LogP contribution in [0.4, 0.5) is 4.39 Å². The summed E-state index contributed by atoms with van der Waals surface area (Å²) >= 11 is 0. The maximum absolute atomic E-state index is 13.3. The fourth-order valence-corrected chi connectivity index (χ4v) is 5.17. The van der Waals surface area contributed by atoms with Gasteiger partial charge in [0.25, 0.3) is 0 Å². The number of rotatable bonds is 3. The molecule has 2 aliphatic heterocycles. The minimum Gasteiger partial charge on any atom is -0.495 e. The molecule has 0 unspecified atom stereocenters. The number of benzene rings is 1. The largest absolute Gasteiger partial charge is 0.495 e. The molecule has 2 saturated heterocycles. The number of nitrogens with zero attached hydrogens (tertiary/aromatic N) is 1. The molecule has 3 rings (SSSR count). The molecule has 0 aliphatic carbocycles. The highest BCUT2D eigenvalue weighted by atomic mass is 32.2. The zero-order chi connectivity index (χ0) is 15.0. The number of piperidine rings is 1. The van der Waals surface area contributed by atoms with Crippen LogP contribution in [0.3, 0.4) is 0 Å². The third-order valence-corrected chi connectivity index (χ3v) is 6.30. The lowest BCUT2D eigenvalue weighted by Crippen LogP contribution is -2.48. The predicted molar refractivity (Wildman–Crippen MR) is 76.2 cm³/mol. The van der Waals surface area contributed by atoms with Crippen LogP contribution in [-0.2, 0) is 10.0 Å². The highest BCUT2D eigenvalue weighted by Crippen LogP contribution is 2.34. The molecule has 1 aromatic carbocycles. The lowest BCUT2D eigenvalue weighted by atomic mass is 9.94. The van der Waals surface area contributed by atoms with Crippen LogP contribution in [0.1, 0.15) is 12.8 Å². The van der Waals surface area contributed by atoms with E-state index in [-0.39, 0.29) is 16.7 Å². The van der Waals surface area contributed by atoms with Gasteiger partial charge in [0, 0.05) is 25.2 Å². The number of methoxy groups -OCH3 is 1. The van der Waals surface area contributed by atoms with E-state index in [0.717, 1.165) is 31.5 Å². The molecule has 21 heavy (non-hydrogen) atoms. The van der Waals surface area contributed by atoms with Gasteiger partial charge in [-0.2, -0.15) is 4.31 Å². The van der Waals surface area contributed by atoms with E-state index in [1.807, 2.05) is 0 Å². The fraction of sp³-hybridized carbons (Fsp3) is 0.571. The van der Waals surface area contributed by atoms with Crippen LogP contribution in [0, 0.1) is 11.7 Å². The smallest absolute Gasteiger partial charge is 0.247 e. The average molecular weight is 314 g/mol. The van der Waals surface area contributed by atoms with Gasteiger partial charge in [0.05, 0.1) is 7.11 Å². The molecule has 5 nitrogen and oxygen atoms in total. The van der Waals surface area contributed by atoms with Crippen molar-refractivity contribution in [2.75, 3.05) is 26.7 Å². The Labute approximate surface area is 124 Å². The number of nitrogens with one attached hydrogen (secondary N) is 1. The molecule has 116 valence electrons. The molecule has 7 heteroatoms. The van der Waals surface area contributed by atoms with Gasteiger partial charge < -0.3 is 10.1 Å². The van der Waals surface area contributed by atoms with Crippen LogP contribution in [0.25, 0.3) is 0 Å². The van der Waals surface area contributed by atoms with Crippen molar-refractivity contribution >= 4 is 10.0 Å². The Kier molecular flexibility index (Phi) is 3.90. The van der Waals surface area contributed by atoms with Gasteiger partial charge in [0.2, 0.25) is 10.0 Å². The summed E-state index contributed by atoms with van der Waals surface area (Å²) in [5.74, 6) is -0.0899. The van der Waals surface area contributed by atoms with Crippen molar-refractivity contribution in [2.45, 2.75) is 23.8 Å². The lowest BCUT2D eigenvalue weighted by molar-refractivity contribution is 0.217. The van der Waals surface area contributed by atoms with Crippen LogP contribution in [0.2, 0.25) is 0 Å². The van der Waals surface area contributed by atoms with Crippen molar-refractivity contribution in [3.63, 3.8) is 0 Å². The number of halogens is 1. The monoisotopic (exact) mass is 314 g/mol. The van der Waals surface area contributed by atoms with E-state index in [0.29, 0.717) is 19.0 Å². The Bertz CT molecular complexity index is 635. The van der Waals surface area contributed by atoms with Gasteiger partial charge in [0.15, 0.2) is 0 Å². The van der Waals surface area contributed by atoms with Crippen molar-refractivity contribution in [3.8, 4) is 5.75 Å². The summed E-state index contributed by atoms with van der Waals surface area (Å²) in [6, 6.07) is 3.54. The summed E-state index contributed by atoms with van der Waals surface area (Å²) in [6.07, 6.45) is 1.90. The SMILES string of the molecule is COc1cc(F)ccc1S(=O)(=O)N1CCC[C@H]2CNC[C@H]21. The number of hydrogen-bond acceptors (Lipinski definition) is 4. The second-order valence-corrected chi connectivity index (χ2v) is 7.40. The minimum atomic E-state index is -3.67. The summed E-state index contributed by atoms with van der Waals surface area (Å²) in [7, 11) is -2.32. The first kappa shape index (κ1) is 14.7. The number of ether oxygens (including phenoxy) is 1. The van der Waals surface area contributed by atoms with Crippen molar-refractivity contribution < 1.29 is 17.5 Å². The highest BCUT2D eigenvalue weighted by molar-refractivity contribution is 7.89. The van der Waals surface area contributed by atoms with Crippen LogP contribution in [-0.4, -0.2) is 45.5 Å². The molecule has 2 fully saturated rings. The van der Waals surface area contributed by atoms with E-state index >= 15 is 0 Å². The van der Waals surface area contributed by atoms with Gasteiger partial charge in [0.1, 0.15) is 16.5 Å². The molecule has 0 radical (unpaired) electrons. The van der Waals surface area contributed by atoms with Crippen molar-refractivity contribution in [1.29, 1.82) is 0 Å². The molecular formula is C14H19FN2O3S. The number of sulfonamides is 1. The van der Waals surface area contributed by atoms with Crippen LogP contribution in [0.15, 0.2) is 23.1 Å². The molecule has 0 aromatic heterocycles. The average Bonchev–Trinajstić information content (AvgIpc) is 2.94. The van der Waals surface area contributed by atoms with Crippen LogP contribution < -0.4 is 10.1 Å². The van der Waals surface area contributed by atoms with Crippen molar-refractivity contribution in [1.82, 2.24) is 9.62 Å². The zero-order valence-electron chi connectivity index (χ0n) is 11.9. The van der Waals surface area contributed by atoms with Gasteiger partial charge in [-0.15, -0.1) is 0 Å². The Morgan fingerprint density at radius 3 is 2.95 bits per heavy atom. The molecule has 1 N–H and O–H groups in total. The first-order valence-corrected chi connectivity index (χ1v) is 8.54. The highest BCUT2D eigenvalue weighted by Gasteiger charge is 2.42. The fourth-order valence-electron chi connectivity index (χ4n) is 3.31.